The molecule has 0 spiro atoms. The van der Waals surface area contributed by atoms with Gasteiger partial charge in [0.1, 0.15) is 5.82 Å². The van der Waals surface area contributed by atoms with Gasteiger partial charge in [0.15, 0.2) is 0 Å². The van der Waals surface area contributed by atoms with Gasteiger partial charge in [-0.2, -0.15) is 0 Å². The van der Waals surface area contributed by atoms with Gasteiger partial charge in [-0.3, -0.25) is 4.79 Å². The second-order valence-electron chi connectivity index (χ2n) is 4.65. The van der Waals surface area contributed by atoms with Gasteiger partial charge in [0, 0.05) is 11.3 Å². The van der Waals surface area contributed by atoms with Crippen LogP contribution in [0.3, 0.4) is 0 Å². The zero-order valence-electron chi connectivity index (χ0n) is 12.1. The highest BCUT2D eigenvalue weighted by molar-refractivity contribution is 7.89. The minimum absolute atomic E-state index is 0.00450. The number of benzene rings is 2. The number of hydrogen-bond donors (Lipinski definition) is 2. The van der Waals surface area contributed by atoms with Crippen LogP contribution in [0.15, 0.2) is 47.4 Å². The van der Waals surface area contributed by atoms with Crippen molar-refractivity contribution >= 4 is 21.6 Å². The minimum atomic E-state index is -3.63. The summed E-state index contributed by atoms with van der Waals surface area (Å²) in [5, 5.41) is 2.60. The van der Waals surface area contributed by atoms with E-state index in [-0.39, 0.29) is 10.5 Å². The van der Waals surface area contributed by atoms with E-state index in [9.17, 15) is 17.6 Å². The van der Waals surface area contributed by atoms with Gasteiger partial charge in [-0.1, -0.05) is 6.07 Å². The molecule has 0 radical (unpaired) electrons. The second-order valence-corrected chi connectivity index (χ2v) is 6.53. The fourth-order valence-corrected chi connectivity index (χ4v) is 2.62. The van der Waals surface area contributed by atoms with E-state index in [1.165, 1.54) is 43.4 Å². The van der Waals surface area contributed by atoms with Crippen LogP contribution in [0, 0.1) is 12.7 Å². The highest BCUT2D eigenvalue weighted by Crippen LogP contribution is 2.17. The van der Waals surface area contributed by atoms with Crippen molar-refractivity contribution in [2.24, 2.45) is 0 Å². The Labute approximate surface area is 128 Å². The van der Waals surface area contributed by atoms with Crippen LogP contribution in [0.2, 0.25) is 0 Å². The van der Waals surface area contributed by atoms with Crippen molar-refractivity contribution < 1.29 is 17.6 Å². The first-order chi connectivity index (χ1) is 10.3. The van der Waals surface area contributed by atoms with Crippen LogP contribution in [0.5, 0.6) is 0 Å². The average Bonchev–Trinajstić information content (AvgIpc) is 2.49. The highest BCUT2D eigenvalue weighted by atomic mass is 32.2. The summed E-state index contributed by atoms with van der Waals surface area (Å²) in [5.74, 6) is -0.867. The maximum Gasteiger partial charge on any atom is 0.255 e. The third kappa shape index (κ3) is 3.49. The Morgan fingerprint density at radius 3 is 2.32 bits per heavy atom. The molecule has 2 N–H and O–H groups in total. The second kappa shape index (κ2) is 6.25. The van der Waals surface area contributed by atoms with Crippen molar-refractivity contribution in [3.05, 3.63) is 59.4 Å². The van der Waals surface area contributed by atoms with Crippen LogP contribution >= 0.6 is 0 Å². The Balaban J connectivity index is 2.33. The molecule has 116 valence electrons. The average molecular weight is 322 g/mol. The molecule has 2 aromatic rings. The van der Waals surface area contributed by atoms with Crippen molar-refractivity contribution in [3.8, 4) is 0 Å². The summed E-state index contributed by atoms with van der Waals surface area (Å²) in [4.78, 5) is 12.3. The largest absolute Gasteiger partial charge is 0.322 e. The van der Waals surface area contributed by atoms with Gasteiger partial charge in [0.25, 0.3) is 5.91 Å². The standard InChI is InChI=1S/C15H15FN2O3S/c1-10-3-8-13(22(20,21)17-2)9-14(10)15(19)18-12-6-4-11(16)5-7-12/h3-9,17H,1-2H3,(H,18,19). The first kappa shape index (κ1) is 16.1. The first-order valence-corrected chi connectivity index (χ1v) is 7.93. The van der Waals surface area contributed by atoms with E-state index in [1.54, 1.807) is 13.0 Å². The Hall–Kier alpha value is -2.25. The summed E-state index contributed by atoms with van der Waals surface area (Å²) in [6, 6.07) is 9.60. The lowest BCUT2D eigenvalue weighted by Gasteiger charge is -2.10. The predicted octanol–water partition coefficient (Wildman–Crippen LogP) is 2.29. The van der Waals surface area contributed by atoms with Crippen molar-refractivity contribution in [2.45, 2.75) is 11.8 Å². The number of anilines is 1. The van der Waals surface area contributed by atoms with E-state index in [4.69, 9.17) is 0 Å². The number of hydrogen-bond acceptors (Lipinski definition) is 3. The lowest BCUT2D eigenvalue weighted by molar-refractivity contribution is 0.102. The topological polar surface area (TPSA) is 75.3 Å². The van der Waals surface area contributed by atoms with Crippen LogP contribution < -0.4 is 10.0 Å². The van der Waals surface area contributed by atoms with E-state index in [0.29, 0.717) is 11.3 Å². The molecule has 2 aromatic carbocycles. The summed E-state index contributed by atoms with van der Waals surface area (Å²) >= 11 is 0. The first-order valence-electron chi connectivity index (χ1n) is 6.44. The number of amides is 1. The third-order valence-electron chi connectivity index (χ3n) is 3.13. The van der Waals surface area contributed by atoms with Crippen LogP contribution in [0.1, 0.15) is 15.9 Å². The molecule has 0 aliphatic rings. The van der Waals surface area contributed by atoms with E-state index < -0.39 is 21.7 Å². The molecule has 0 unspecified atom stereocenters. The van der Waals surface area contributed by atoms with Crippen LogP contribution in [0.4, 0.5) is 10.1 Å². The van der Waals surface area contributed by atoms with E-state index in [1.807, 2.05) is 0 Å². The smallest absolute Gasteiger partial charge is 0.255 e. The zero-order valence-corrected chi connectivity index (χ0v) is 12.9. The lowest BCUT2D eigenvalue weighted by Crippen LogP contribution is -2.20. The van der Waals surface area contributed by atoms with Crippen LogP contribution in [-0.2, 0) is 10.0 Å². The van der Waals surface area contributed by atoms with Gasteiger partial charge in [-0.05, 0) is 55.9 Å². The molecule has 0 aromatic heterocycles. The normalized spacial score (nSPS) is 11.2. The quantitative estimate of drug-likeness (QED) is 0.907. The maximum atomic E-state index is 12.8. The molecule has 0 saturated carbocycles. The molecule has 1 amide bonds. The van der Waals surface area contributed by atoms with Gasteiger partial charge >= 0.3 is 0 Å². The number of rotatable bonds is 4. The van der Waals surface area contributed by atoms with Crippen LogP contribution in [-0.4, -0.2) is 21.4 Å². The Bertz CT molecular complexity index is 802. The highest BCUT2D eigenvalue weighted by Gasteiger charge is 2.16. The third-order valence-corrected chi connectivity index (χ3v) is 4.55. The van der Waals surface area contributed by atoms with Crippen LogP contribution in [0.25, 0.3) is 0 Å². The van der Waals surface area contributed by atoms with Gasteiger partial charge in [-0.25, -0.2) is 17.5 Å². The molecule has 2 rings (SSSR count). The van der Waals surface area contributed by atoms with Gasteiger partial charge < -0.3 is 5.32 Å². The van der Waals surface area contributed by atoms with Gasteiger partial charge in [-0.15, -0.1) is 0 Å². The molecule has 0 saturated heterocycles. The van der Waals surface area contributed by atoms with E-state index in [0.717, 1.165) is 0 Å². The monoisotopic (exact) mass is 322 g/mol. The number of carbonyl (C=O) groups excluding carboxylic acids is 1. The summed E-state index contributed by atoms with van der Waals surface area (Å²) in [6.07, 6.45) is 0. The molecule has 0 heterocycles. The lowest BCUT2D eigenvalue weighted by atomic mass is 10.1. The fourth-order valence-electron chi connectivity index (χ4n) is 1.86. The molecule has 22 heavy (non-hydrogen) atoms. The summed E-state index contributed by atoms with van der Waals surface area (Å²) in [7, 11) is -2.33. The summed E-state index contributed by atoms with van der Waals surface area (Å²) < 4.78 is 38.6. The number of halogens is 1. The maximum absolute atomic E-state index is 12.8. The zero-order chi connectivity index (χ0) is 16.3. The number of sulfonamides is 1. The molecule has 7 heteroatoms. The molecule has 0 aliphatic carbocycles. The molecule has 5 nitrogen and oxygen atoms in total. The van der Waals surface area contributed by atoms with Gasteiger partial charge in [0.05, 0.1) is 4.90 Å². The molecule has 0 fully saturated rings. The van der Waals surface area contributed by atoms with Gasteiger partial charge in [0.2, 0.25) is 10.0 Å². The van der Waals surface area contributed by atoms with Crippen molar-refractivity contribution in [1.82, 2.24) is 4.72 Å². The number of carbonyl (C=O) groups is 1. The Kier molecular flexibility index (Phi) is 4.58. The fraction of sp³-hybridized carbons (Fsp3) is 0.133. The Morgan fingerprint density at radius 2 is 1.73 bits per heavy atom. The van der Waals surface area contributed by atoms with Crippen molar-refractivity contribution in [2.75, 3.05) is 12.4 Å². The molecular formula is C15H15FN2O3S. The number of nitrogens with one attached hydrogen (secondary N) is 2. The molecule has 0 atom stereocenters. The summed E-state index contributed by atoms with van der Waals surface area (Å²) in [5.41, 5.74) is 1.29. The SMILES string of the molecule is CNS(=O)(=O)c1ccc(C)c(C(=O)Nc2ccc(F)cc2)c1. The predicted molar refractivity (Wildman–Crippen MR) is 81.8 cm³/mol. The number of aryl methyl sites for hydroxylation is 1. The molecule has 0 bridgehead atoms. The Morgan fingerprint density at radius 1 is 1.09 bits per heavy atom. The molecular weight excluding hydrogens is 307 g/mol. The van der Waals surface area contributed by atoms with Crippen molar-refractivity contribution in [3.63, 3.8) is 0 Å². The summed E-state index contributed by atoms with van der Waals surface area (Å²) in [6.45, 7) is 1.70. The van der Waals surface area contributed by atoms with E-state index in [2.05, 4.69) is 10.0 Å². The van der Waals surface area contributed by atoms with Crippen molar-refractivity contribution in [1.29, 1.82) is 0 Å². The molecule has 0 aliphatic heterocycles. The minimum Gasteiger partial charge on any atom is -0.322 e. The van der Waals surface area contributed by atoms with E-state index >= 15 is 0 Å².